The number of hydrogen-bond acceptors (Lipinski definition) is 3. The van der Waals surface area contributed by atoms with Gasteiger partial charge in [0.15, 0.2) is 0 Å². The molecule has 0 amide bonds. The molecule has 1 aromatic rings. The van der Waals surface area contributed by atoms with E-state index in [1.54, 1.807) is 12.1 Å². The maximum absolute atomic E-state index is 10.9. The van der Waals surface area contributed by atoms with Gasteiger partial charge in [-0.05, 0) is 30.5 Å². The summed E-state index contributed by atoms with van der Waals surface area (Å²) in [6.45, 7) is 2.15. The minimum atomic E-state index is -1.12. The van der Waals surface area contributed by atoms with Gasteiger partial charge in [0.05, 0.1) is 5.97 Å². The first-order valence-corrected chi connectivity index (χ1v) is 5.75. The largest absolute Gasteiger partial charge is 0.545 e. The van der Waals surface area contributed by atoms with Crippen molar-refractivity contribution in [3.63, 3.8) is 0 Å². The quantitative estimate of drug-likeness (QED) is 0.586. The number of carbonyl (C=O) groups is 1. The molecule has 0 fully saturated rings. The Morgan fingerprint density at radius 3 is 2.69 bits per heavy atom. The van der Waals surface area contributed by atoms with Gasteiger partial charge >= 0.3 is 0 Å². The normalized spacial score (nSPS) is 10.3. The second-order valence-electron chi connectivity index (χ2n) is 4.01. The molecule has 2 N–H and O–H groups in total. The summed E-state index contributed by atoms with van der Waals surface area (Å²) in [4.78, 5) is 10.9. The van der Waals surface area contributed by atoms with Crippen LogP contribution in [0.4, 0.5) is 5.69 Å². The number of nitrogen functional groups attached to an aromatic ring is 1. The maximum Gasteiger partial charge on any atom is 0.0718 e. The second kappa shape index (κ2) is 6.16. The van der Waals surface area contributed by atoms with Crippen molar-refractivity contribution in [2.75, 3.05) is 5.73 Å². The van der Waals surface area contributed by atoms with E-state index in [1.807, 2.05) is 0 Å². The van der Waals surface area contributed by atoms with E-state index >= 15 is 0 Å². The number of carboxylic acids is 1. The predicted molar refractivity (Wildman–Crippen MR) is 63.0 cm³/mol. The van der Waals surface area contributed by atoms with Crippen LogP contribution in [0.25, 0.3) is 0 Å². The molecule has 1 rings (SSSR count). The first-order valence-electron chi connectivity index (χ1n) is 5.75. The third kappa shape index (κ3) is 3.57. The van der Waals surface area contributed by atoms with Gasteiger partial charge in [0.1, 0.15) is 0 Å². The highest BCUT2D eigenvalue weighted by atomic mass is 16.4. The zero-order valence-electron chi connectivity index (χ0n) is 9.66. The fourth-order valence-electron chi connectivity index (χ4n) is 1.76. The molecule has 0 radical (unpaired) electrons. The first-order chi connectivity index (χ1) is 7.65. The minimum absolute atomic E-state index is 0.269. The van der Waals surface area contributed by atoms with Crippen LogP contribution in [0.2, 0.25) is 0 Å². The molecular weight excluding hydrogens is 202 g/mol. The molecule has 3 nitrogen and oxygen atoms in total. The van der Waals surface area contributed by atoms with Gasteiger partial charge < -0.3 is 15.6 Å². The first kappa shape index (κ1) is 12.6. The van der Waals surface area contributed by atoms with E-state index in [0.717, 1.165) is 24.8 Å². The van der Waals surface area contributed by atoms with E-state index in [2.05, 4.69) is 6.92 Å². The van der Waals surface area contributed by atoms with Crippen LogP contribution in [0.15, 0.2) is 18.2 Å². The number of aromatic carboxylic acids is 1. The van der Waals surface area contributed by atoms with Crippen LogP contribution in [0.1, 0.15) is 48.5 Å². The smallest absolute Gasteiger partial charge is 0.0718 e. The molecule has 0 aliphatic heterocycles. The fourth-order valence-corrected chi connectivity index (χ4v) is 1.76. The van der Waals surface area contributed by atoms with E-state index in [4.69, 9.17) is 5.73 Å². The summed E-state index contributed by atoms with van der Waals surface area (Å²) >= 11 is 0. The summed E-state index contributed by atoms with van der Waals surface area (Å²) < 4.78 is 0. The average molecular weight is 220 g/mol. The second-order valence-corrected chi connectivity index (χ2v) is 4.01. The van der Waals surface area contributed by atoms with Crippen molar-refractivity contribution in [3.05, 3.63) is 29.3 Å². The average Bonchev–Trinajstić information content (AvgIpc) is 2.24. The molecule has 0 heterocycles. The van der Waals surface area contributed by atoms with Crippen molar-refractivity contribution in [1.82, 2.24) is 0 Å². The summed E-state index contributed by atoms with van der Waals surface area (Å²) in [5.41, 5.74) is 7.31. The highest BCUT2D eigenvalue weighted by molar-refractivity contribution is 5.88. The molecular formula is C13H18NO2-. The molecule has 0 bridgehead atoms. The van der Waals surface area contributed by atoms with Gasteiger partial charge in [-0.1, -0.05) is 32.3 Å². The lowest BCUT2D eigenvalue weighted by Crippen LogP contribution is -2.23. The standard InChI is InChI=1S/C13H19NO2/c1-2-3-4-5-6-10-9-11(14)7-8-12(10)13(15)16/h7-9H,2-6,14H2,1H3,(H,15,16)/p-1. The Hall–Kier alpha value is -1.51. The molecule has 3 heteroatoms. The van der Waals surface area contributed by atoms with Crippen molar-refractivity contribution in [2.45, 2.75) is 39.0 Å². The number of nitrogens with two attached hydrogens (primary N) is 1. The Labute approximate surface area is 96.3 Å². The number of unbranched alkanes of at least 4 members (excludes halogenated alkanes) is 3. The number of benzene rings is 1. The Balaban J connectivity index is 2.68. The molecule has 0 unspecified atom stereocenters. The van der Waals surface area contributed by atoms with Crippen molar-refractivity contribution in [1.29, 1.82) is 0 Å². The van der Waals surface area contributed by atoms with E-state index in [1.165, 1.54) is 18.9 Å². The summed E-state index contributed by atoms with van der Waals surface area (Å²) in [5.74, 6) is -1.12. The van der Waals surface area contributed by atoms with Crippen LogP contribution < -0.4 is 10.8 Å². The van der Waals surface area contributed by atoms with Crippen molar-refractivity contribution in [3.8, 4) is 0 Å². The number of aryl methyl sites for hydroxylation is 1. The van der Waals surface area contributed by atoms with E-state index in [9.17, 15) is 9.90 Å². The zero-order valence-corrected chi connectivity index (χ0v) is 9.66. The molecule has 0 aliphatic carbocycles. The van der Waals surface area contributed by atoms with Gasteiger partial charge in [-0.2, -0.15) is 0 Å². The number of carbonyl (C=O) groups excluding carboxylic acids is 1. The lowest BCUT2D eigenvalue weighted by atomic mass is 10.0. The molecule has 0 spiro atoms. The Bertz CT molecular complexity index is 361. The lowest BCUT2D eigenvalue weighted by Gasteiger charge is -2.11. The van der Waals surface area contributed by atoms with Crippen LogP contribution in [-0.2, 0) is 6.42 Å². The van der Waals surface area contributed by atoms with E-state index in [-0.39, 0.29) is 5.56 Å². The molecule has 16 heavy (non-hydrogen) atoms. The topological polar surface area (TPSA) is 66.2 Å². The van der Waals surface area contributed by atoms with Crippen LogP contribution in [0, 0.1) is 0 Å². The monoisotopic (exact) mass is 220 g/mol. The van der Waals surface area contributed by atoms with Gasteiger partial charge in [-0.3, -0.25) is 0 Å². The number of carboxylic acid groups (broad SMARTS) is 1. The molecule has 0 saturated carbocycles. The number of rotatable bonds is 6. The SMILES string of the molecule is CCCCCCc1cc(N)ccc1C(=O)[O-]. The van der Waals surface area contributed by atoms with Crippen LogP contribution in [0.3, 0.4) is 0 Å². The third-order valence-corrected chi connectivity index (χ3v) is 2.65. The Morgan fingerprint density at radius 2 is 2.06 bits per heavy atom. The summed E-state index contributed by atoms with van der Waals surface area (Å²) in [7, 11) is 0. The van der Waals surface area contributed by atoms with Crippen LogP contribution >= 0.6 is 0 Å². The van der Waals surface area contributed by atoms with E-state index in [0.29, 0.717) is 5.69 Å². The highest BCUT2D eigenvalue weighted by Crippen LogP contribution is 2.16. The molecule has 1 aromatic carbocycles. The summed E-state index contributed by atoms with van der Waals surface area (Å²) in [5, 5.41) is 10.9. The molecule has 0 atom stereocenters. The predicted octanol–water partition coefficient (Wildman–Crippen LogP) is 1.76. The molecule has 88 valence electrons. The molecule has 0 saturated heterocycles. The number of anilines is 1. The Morgan fingerprint density at radius 1 is 1.31 bits per heavy atom. The van der Waals surface area contributed by atoms with Crippen molar-refractivity contribution in [2.24, 2.45) is 0 Å². The molecule has 0 aromatic heterocycles. The van der Waals surface area contributed by atoms with Crippen molar-refractivity contribution >= 4 is 11.7 Å². The van der Waals surface area contributed by atoms with Gasteiger partial charge in [0.25, 0.3) is 0 Å². The zero-order chi connectivity index (χ0) is 12.0. The van der Waals surface area contributed by atoms with Gasteiger partial charge in [-0.25, -0.2) is 0 Å². The highest BCUT2D eigenvalue weighted by Gasteiger charge is 2.03. The van der Waals surface area contributed by atoms with Gasteiger partial charge in [-0.15, -0.1) is 0 Å². The molecule has 0 aliphatic rings. The van der Waals surface area contributed by atoms with Crippen LogP contribution in [-0.4, -0.2) is 5.97 Å². The fraction of sp³-hybridized carbons (Fsp3) is 0.462. The Kier molecular flexibility index (Phi) is 4.83. The summed E-state index contributed by atoms with van der Waals surface area (Å²) in [6, 6.07) is 4.86. The van der Waals surface area contributed by atoms with Crippen LogP contribution in [0.5, 0.6) is 0 Å². The third-order valence-electron chi connectivity index (χ3n) is 2.65. The van der Waals surface area contributed by atoms with Crippen molar-refractivity contribution < 1.29 is 9.90 Å². The van der Waals surface area contributed by atoms with Gasteiger partial charge in [0, 0.05) is 11.3 Å². The minimum Gasteiger partial charge on any atom is -0.545 e. The lowest BCUT2D eigenvalue weighted by molar-refractivity contribution is -0.255. The van der Waals surface area contributed by atoms with Gasteiger partial charge in [0.2, 0.25) is 0 Å². The van der Waals surface area contributed by atoms with E-state index < -0.39 is 5.97 Å². The maximum atomic E-state index is 10.9. The number of hydrogen-bond donors (Lipinski definition) is 1. The summed E-state index contributed by atoms with van der Waals surface area (Å²) in [6.07, 6.45) is 5.23.